The quantitative estimate of drug-likeness (QED) is 0.362. The van der Waals surface area contributed by atoms with Crippen molar-refractivity contribution in [3.8, 4) is 0 Å². The van der Waals surface area contributed by atoms with Crippen molar-refractivity contribution in [2.45, 2.75) is 6.92 Å². The van der Waals surface area contributed by atoms with Gasteiger partial charge in [0, 0.05) is 0 Å². The second-order valence-corrected chi connectivity index (χ2v) is 2.37. The van der Waals surface area contributed by atoms with Crippen molar-refractivity contribution in [1.82, 2.24) is 0 Å². The first-order chi connectivity index (χ1) is 5.22. The highest BCUT2D eigenvalue weighted by Crippen LogP contribution is 1.94. The normalized spacial score (nSPS) is 10.0. The first-order valence-corrected chi connectivity index (χ1v) is 4.41. The van der Waals surface area contributed by atoms with Crippen LogP contribution in [-0.4, -0.2) is 24.6 Å². The van der Waals surface area contributed by atoms with Crippen molar-refractivity contribution in [1.29, 1.82) is 0 Å². The van der Waals surface area contributed by atoms with Crippen molar-refractivity contribution in [3.05, 3.63) is 11.5 Å². The molecule has 11 heavy (non-hydrogen) atoms. The van der Waals surface area contributed by atoms with E-state index in [4.69, 9.17) is 0 Å². The third-order valence-electron chi connectivity index (χ3n) is 0.832. The molecule has 0 amide bonds. The molecule has 0 saturated heterocycles. The lowest BCUT2D eigenvalue weighted by molar-refractivity contribution is -0.151. The fourth-order valence-corrected chi connectivity index (χ4v) is 0.660. The minimum atomic E-state index is -0.794. The highest BCUT2D eigenvalue weighted by atomic mass is 32.2. The zero-order chi connectivity index (χ0) is 8.69. The first-order valence-electron chi connectivity index (χ1n) is 3.12. The number of esters is 1. The fourth-order valence-electron chi connectivity index (χ4n) is 0.400. The Morgan fingerprint density at radius 2 is 2.18 bits per heavy atom. The van der Waals surface area contributed by atoms with E-state index in [1.807, 2.05) is 0 Å². The molecule has 0 aliphatic carbocycles. The second-order valence-electron chi connectivity index (χ2n) is 1.62. The number of carbonyl (C=O) groups is 2. The van der Waals surface area contributed by atoms with Gasteiger partial charge in [0.2, 0.25) is 0 Å². The predicted octanol–water partition coefficient (Wildman–Crippen LogP) is 0.995. The Hall–Kier alpha value is -0.770. The molecular formula is C7H10O3S. The molecule has 4 heteroatoms. The van der Waals surface area contributed by atoms with Gasteiger partial charge in [0.05, 0.1) is 6.61 Å². The van der Waals surface area contributed by atoms with E-state index in [1.54, 1.807) is 18.6 Å². The molecule has 0 atom stereocenters. The summed E-state index contributed by atoms with van der Waals surface area (Å²) in [5.41, 5.74) is 0. The Kier molecular flexibility index (Phi) is 5.56. The van der Waals surface area contributed by atoms with E-state index in [0.717, 1.165) is 0 Å². The third-order valence-corrected chi connectivity index (χ3v) is 1.24. The molecule has 0 N–H and O–H groups in total. The van der Waals surface area contributed by atoms with Gasteiger partial charge < -0.3 is 4.74 Å². The maximum Gasteiger partial charge on any atom is 0.379 e. The van der Waals surface area contributed by atoms with Crippen molar-refractivity contribution in [2.75, 3.05) is 12.9 Å². The van der Waals surface area contributed by atoms with E-state index >= 15 is 0 Å². The molecule has 0 aromatic rings. The van der Waals surface area contributed by atoms with Crippen LogP contribution in [0.3, 0.4) is 0 Å². The maximum absolute atomic E-state index is 10.7. The van der Waals surface area contributed by atoms with Gasteiger partial charge in [-0.2, -0.15) is 0 Å². The standard InChI is InChI=1S/C7H10O3S/c1-3-10-7(9)6(8)4-5-11-2/h4-5H,3H2,1-2H3/b5-4+. The third kappa shape index (κ3) is 4.61. The van der Waals surface area contributed by atoms with Gasteiger partial charge in [-0.15, -0.1) is 11.8 Å². The molecule has 0 radical (unpaired) electrons. The summed E-state index contributed by atoms with van der Waals surface area (Å²) in [7, 11) is 0. The molecule has 3 nitrogen and oxygen atoms in total. The summed E-state index contributed by atoms with van der Waals surface area (Å²) in [6, 6.07) is 0. The zero-order valence-electron chi connectivity index (χ0n) is 6.49. The Balaban J connectivity index is 3.83. The van der Waals surface area contributed by atoms with Crippen LogP contribution >= 0.6 is 11.8 Å². The Morgan fingerprint density at radius 3 is 2.64 bits per heavy atom. The molecular weight excluding hydrogens is 164 g/mol. The van der Waals surface area contributed by atoms with Crippen molar-refractivity contribution in [2.24, 2.45) is 0 Å². The Bertz CT molecular complexity index is 175. The van der Waals surface area contributed by atoms with Gasteiger partial charge in [0.25, 0.3) is 5.78 Å². The highest BCUT2D eigenvalue weighted by Gasteiger charge is 2.09. The summed E-state index contributed by atoms with van der Waals surface area (Å²) >= 11 is 1.36. The van der Waals surface area contributed by atoms with Gasteiger partial charge in [-0.25, -0.2) is 4.79 Å². The number of ether oxygens (including phenoxy) is 1. The SMILES string of the molecule is CCOC(=O)C(=O)/C=C/SC. The molecule has 0 heterocycles. The monoisotopic (exact) mass is 174 g/mol. The van der Waals surface area contributed by atoms with Crippen LogP contribution in [0.2, 0.25) is 0 Å². The average Bonchev–Trinajstić information content (AvgIpc) is 2.00. The van der Waals surface area contributed by atoms with Crippen LogP contribution in [0.1, 0.15) is 6.92 Å². The summed E-state index contributed by atoms with van der Waals surface area (Å²) in [6.45, 7) is 1.89. The van der Waals surface area contributed by atoms with E-state index in [9.17, 15) is 9.59 Å². The molecule has 0 aromatic carbocycles. The number of ketones is 1. The van der Waals surface area contributed by atoms with Gasteiger partial charge >= 0.3 is 5.97 Å². The van der Waals surface area contributed by atoms with Crippen LogP contribution in [0.25, 0.3) is 0 Å². The number of thioether (sulfide) groups is 1. The summed E-state index contributed by atoms with van der Waals surface area (Å²) in [4.78, 5) is 21.3. The van der Waals surface area contributed by atoms with Gasteiger partial charge in [-0.1, -0.05) is 0 Å². The van der Waals surface area contributed by atoms with Crippen molar-refractivity contribution >= 4 is 23.5 Å². The van der Waals surface area contributed by atoms with E-state index in [0.29, 0.717) is 0 Å². The topological polar surface area (TPSA) is 43.4 Å². The van der Waals surface area contributed by atoms with E-state index < -0.39 is 11.8 Å². The number of hydrogen-bond donors (Lipinski definition) is 0. The Morgan fingerprint density at radius 1 is 1.55 bits per heavy atom. The number of carbonyl (C=O) groups excluding carboxylic acids is 2. The van der Waals surface area contributed by atoms with Gasteiger partial charge in [0.1, 0.15) is 0 Å². The van der Waals surface area contributed by atoms with Gasteiger partial charge in [-0.3, -0.25) is 4.79 Å². The minimum Gasteiger partial charge on any atom is -0.460 e. The van der Waals surface area contributed by atoms with E-state index in [1.165, 1.54) is 17.8 Å². The molecule has 62 valence electrons. The first kappa shape index (κ1) is 10.2. The second kappa shape index (κ2) is 5.97. The molecule has 0 spiro atoms. The lowest BCUT2D eigenvalue weighted by Crippen LogP contribution is -2.14. The number of rotatable bonds is 4. The van der Waals surface area contributed by atoms with E-state index in [-0.39, 0.29) is 6.61 Å². The fraction of sp³-hybridized carbons (Fsp3) is 0.429. The Labute approximate surface area is 69.8 Å². The molecule has 0 rings (SSSR count). The summed E-state index contributed by atoms with van der Waals surface area (Å²) < 4.78 is 4.45. The average molecular weight is 174 g/mol. The summed E-state index contributed by atoms with van der Waals surface area (Å²) in [5.74, 6) is -1.40. The molecule has 0 aliphatic rings. The van der Waals surface area contributed by atoms with Crippen LogP contribution < -0.4 is 0 Å². The molecule has 0 unspecified atom stereocenters. The molecule has 0 fully saturated rings. The van der Waals surface area contributed by atoms with Gasteiger partial charge in [-0.05, 0) is 24.7 Å². The largest absolute Gasteiger partial charge is 0.460 e. The van der Waals surface area contributed by atoms with Crippen LogP contribution in [0.15, 0.2) is 11.5 Å². The summed E-state index contributed by atoms with van der Waals surface area (Å²) in [6.07, 6.45) is 3.00. The molecule has 0 aliphatic heterocycles. The van der Waals surface area contributed by atoms with Crippen LogP contribution in [0.4, 0.5) is 0 Å². The molecule has 0 saturated carbocycles. The predicted molar refractivity (Wildman–Crippen MR) is 44.3 cm³/mol. The number of hydrogen-bond acceptors (Lipinski definition) is 4. The van der Waals surface area contributed by atoms with E-state index in [2.05, 4.69) is 4.74 Å². The van der Waals surface area contributed by atoms with Crippen LogP contribution in [0, 0.1) is 0 Å². The van der Waals surface area contributed by atoms with Gasteiger partial charge in [0.15, 0.2) is 0 Å². The minimum absolute atomic E-state index is 0.234. The van der Waals surface area contributed by atoms with Crippen molar-refractivity contribution in [3.63, 3.8) is 0 Å². The van der Waals surface area contributed by atoms with Crippen molar-refractivity contribution < 1.29 is 14.3 Å². The van der Waals surface area contributed by atoms with Crippen LogP contribution in [-0.2, 0) is 14.3 Å². The highest BCUT2D eigenvalue weighted by molar-refractivity contribution is 8.01. The molecule has 0 bridgehead atoms. The molecule has 0 aromatic heterocycles. The zero-order valence-corrected chi connectivity index (χ0v) is 7.31. The summed E-state index contributed by atoms with van der Waals surface area (Å²) in [5, 5.41) is 1.54. The lowest BCUT2D eigenvalue weighted by atomic mass is 10.4. The smallest absolute Gasteiger partial charge is 0.379 e. The van der Waals surface area contributed by atoms with Crippen LogP contribution in [0.5, 0.6) is 0 Å². The lowest BCUT2D eigenvalue weighted by Gasteiger charge is -1.94. The maximum atomic E-state index is 10.7.